The molecular formula is C34H41ClN6O4. The number of imide groups is 1. The van der Waals surface area contributed by atoms with Gasteiger partial charge < -0.3 is 10.6 Å². The molecule has 2 atom stereocenters. The van der Waals surface area contributed by atoms with Crippen LogP contribution in [0.4, 0.5) is 16.3 Å². The molecule has 5 amide bonds. The van der Waals surface area contributed by atoms with Gasteiger partial charge in [-0.15, -0.1) is 0 Å². The molecule has 1 aliphatic carbocycles. The molecule has 10 nitrogen and oxygen atoms in total. The molecule has 1 saturated carbocycles. The van der Waals surface area contributed by atoms with Gasteiger partial charge in [-0.25, -0.2) is 9.48 Å². The number of rotatable bonds is 6. The average Bonchev–Trinajstić information content (AvgIpc) is 3.39. The molecule has 3 aromatic rings. The number of halogens is 1. The van der Waals surface area contributed by atoms with Gasteiger partial charge in [-0.2, -0.15) is 5.10 Å². The topological polar surface area (TPSA) is 125 Å². The van der Waals surface area contributed by atoms with Crippen molar-refractivity contribution in [2.24, 2.45) is 16.2 Å². The molecule has 2 fully saturated rings. The normalized spacial score (nSPS) is 24.8. The summed E-state index contributed by atoms with van der Waals surface area (Å²) in [6.07, 6.45) is 1.22. The Morgan fingerprint density at radius 3 is 2.02 bits per heavy atom. The van der Waals surface area contributed by atoms with Crippen LogP contribution >= 0.6 is 11.6 Å². The third kappa shape index (κ3) is 6.33. The minimum atomic E-state index is -0.861. The Morgan fingerprint density at radius 2 is 1.47 bits per heavy atom. The van der Waals surface area contributed by atoms with E-state index in [1.807, 2.05) is 71.9 Å². The van der Waals surface area contributed by atoms with Gasteiger partial charge in [0.25, 0.3) is 0 Å². The van der Waals surface area contributed by atoms with E-state index in [4.69, 9.17) is 16.7 Å². The number of nitrogens with one attached hydrogen (secondary N) is 3. The van der Waals surface area contributed by atoms with Crippen LogP contribution in [0.2, 0.25) is 5.02 Å². The molecule has 1 aliphatic heterocycles. The van der Waals surface area contributed by atoms with Crippen molar-refractivity contribution in [3.63, 3.8) is 0 Å². The number of likely N-dealkylation sites (tertiary alicyclic amines) is 1. The standard InChI is InChI=1S/C34H41ClN6O4/c1-31(2,3)25-16-26(38-30(45)37-23-12-10-22(35)11-13-23)41(39-25)24-14-8-21(9-15-24)17-36-27(42)32(4)18-33(5)20-34(6,19-32)29(44)40(7)28(33)43/h8-16H,17-20H2,1-7H3,(H,36,42)(H2,37,38,45). The Hall–Kier alpha value is -4.18. The summed E-state index contributed by atoms with van der Waals surface area (Å²) in [6.45, 7) is 12.0. The number of aromatic nitrogens is 2. The van der Waals surface area contributed by atoms with E-state index in [-0.39, 0.29) is 29.7 Å². The van der Waals surface area contributed by atoms with Crippen LogP contribution in [0.3, 0.4) is 0 Å². The van der Waals surface area contributed by atoms with E-state index in [0.29, 0.717) is 35.8 Å². The summed E-state index contributed by atoms with van der Waals surface area (Å²) in [4.78, 5) is 53.7. The Morgan fingerprint density at radius 1 is 0.889 bits per heavy atom. The number of carbonyl (C=O) groups is 4. The van der Waals surface area contributed by atoms with E-state index in [0.717, 1.165) is 16.9 Å². The lowest BCUT2D eigenvalue weighted by Crippen LogP contribution is -2.63. The molecule has 0 radical (unpaired) electrons. The van der Waals surface area contributed by atoms with Gasteiger partial charge in [0.1, 0.15) is 5.82 Å². The maximum absolute atomic E-state index is 13.6. The predicted octanol–water partition coefficient (Wildman–Crippen LogP) is 6.28. The number of nitrogens with zero attached hydrogens (tertiary/aromatic N) is 3. The molecule has 2 aromatic carbocycles. The van der Waals surface area contributed by atoms with Crippen LogP contribution in [0, 0.1) is 16.2 Å². The molecule has 0 spiro atoms. The molecule has 1 aromatic heterocycles. The fourth-order valence-electron chi connectivity index (χ4n) is 7.13. The van der Waals surface area contributed by atoms with E-state index in [1.54, 1.807) is 28.9 Å². The Balaban J connectivity index is 1.29. The second-order valence-electron chi connectivity index (χ2n) is 14.4. The summed E-state index contributed by atoms with van der Waals surface area (Å²) in [5, 5.41) is 14.1. The molecule has 5 rings (SSSR count). The number of carbonyl (C=O) groups excluding carboxylic acids is 4. The van der Waals surface area contributed by atoms with Gasteiger partial charge in [0.15, 0.2) is 0 Å². The lowest BCUT2D eigenvalue weighted by atomic mass is 9.51. The molecule has 2 aliphatic rings. The highest BCUT2D eigenvalue weighted by molar-refractivity contribution is 6.30. The lowest BCUT2D eigenvalue weighted by Gasteiger charge is -2.55. The lowest BCUT2D eigenvalue weighted by molar-refractivity contribution is -0.178. The second kappa shape index (κ2) is 11.3. The molecule has 238 valence electrons. The van der Waals surface area contributed by atoms with Crippen molar-refractivity contribution in [3.05, 3.63) is 70.9 Å². The molecule has 2 heterocycles. The number of urea groups is 1. The number of hydrogen-bond donors (Lipinski definition) is 3. The zero-order chi connectivity index (χ0) is 32.9. The zero-order valence-electron chi connectivity index (χ0n) is 26.9. The Bertz CT molecular complexity index is 1630. The predicted molar refractivity (Wildman–Crippen MR) is 174 cm³/mol. The molecule has 11 heteroatoms. The van der Waals surface area contributed by atoms with Crippen LogP contribution in [-0.2, 0) is 26.3 Å². The Labute approximate surface area is 268 Å². The zero-order valence-corrected chi connectivity index (χ0v) is 27.6. The fraction of sp³-hybridized carbons (Fsp3) is 0.441. The van der Waals surface area contributed by atoms with E-state index in [2.05, 4.69) is 16.0 Å². The first-order valence-corrected chi connectivity index (χ1v) is 15.4. The van der Waals surface area contributed by atoms with Crippen LogP contribution in [0.5, 0.6) is 0 Å². The van der Waals surface area contributed by atoms with Crippen molar-refractivity contribution < 1.29 is 19.2 Å². The first kappa shape index (κ1) is 32.2. The third-order valence-corrected chi connectivity index (χ3v) is 9.24. The van der Waals surface area contributed by atoms with Crippen LogP contribution < -0.4 is 16.0 Å². The van der Waals surface area contributed by atoms with Crippen LogP contribution in [-0.4, -0.2) is 45.5 Å². The number of piperidine rings is 1. The highest BCUT2D eigenvalue weighted by Crippen LogP contribution is 2.58. The molecular weight excluding hydrogens is 592 g/mol. The highest BCUT2D eigenvalue weighted by Gasteiger charge is 2.62. The maximum atomic E-state index is 13.6. The number of anilines is 2. The van der Waals surface area contributed by atoms with Gasteiger partial charge in [-0.1, -0.05) is 65.3 Å². The number of amides is 5. The smallest absolute Gasteiger partial charge is 0.324 e. The number of hydrogen-bond acceptors (Lipinski definition) is 5. The fourth-order valence-corrected chi connectivity index (χ4v) is 7.26. The van der Waals surface area contributed by atoms with E-state index in [1.165, 1.54) is 11.9 Å². The molecule has 2 bridgehead atoms. The van der Waals surface area contributed by atoms with Gasteiger partial charge in [-0.05, 0) is 61.2 Å². The van der Waals surface area contributed by atoms with Crippen molar-refractivity contribution in [2.45, 2.75) is 72.8 Å². The first-order valence-electron chi connectivity index (χ1n) is 15.1. The van der Waals surface area contributed by atoms with Gasteiger partial charge >= 0.3 is 6.03 Å². The molecule has 2 unspecified atom stereocenters. The monoisotopic (exact) mass is 632 g/mol. The Kier molecular flexibility index (Phi) is 8.10. The van der Waals surface area contributed by atoms with E-state index < -0.39 is 22.3 Å². The van der Waals surface area contributed by atoms with Gasteiger partial charge in [-0.3, -0.25) is 24.6 Å². The minimum Gasteiger partial charge on any atom is -0.352 e. The number of benzene rings is 2. The van der Waals surface area contributed by atoms with Gasteiger partial charge in [0.05, 0.1) is 11.4 Å². The molecule has 3 N–H and O–H groups in total. The van der Waals surface area contributed by atoms with Crippen LogP contribution in [0.1, 0.15) is 72.1 Å². The van der Waals surface area contributed by atoms with E-state index in [9.17, 15) is 19.2 Å². The quantitative estimate of drug-likeness (QED) is 0.276. The summed E-state index contributed by atoms with van der Waals surface area (Å²) < 4.78 is 1.68. The van der Waals surface area contributed by atoms with Crippen molar-refractivity contribution in [2.75, 3.05) is 17.7 Å². The maximum Gasteiger partial charge on any atom is 0.324 e. The van der Waals surface area contributed by atoms with Crippen molar-refractivity contribution in [1.29, 1.82) is 0 Å². The van der Waals surface area contributed by atoms with E-state index >= 15 is 0 Å². The van der Waals surface area contributed by atoms with Crippen LogP contribution in [0.25, 0.3) is 5.69 Å². The summed E-state index contributed by atoms with van der Waals surface area (Å²) >= 11 is 5.96. The average molecular weight is 633 g/mol. The molecule has 1 saturated heterocycles. The number of fused-ring (bicyclic) bond motifs is 2. The summed E-state index contributed by atoms with van der Waals surface area (Å²) in [5.41, 5.74) is 0.351. The van der Waals surface area contributed by atoms with Crippen molar-refractivity contribution in [1.82, 2.24) is 20.0 Å². The van der Waals surface area contributed by atoms with Gasteiger partial charge in [0.2, 0.25) is 17.7 Å². The SMILES string of the molecule is CN1C(=O)C2(C)CC(C)(C(=O)NCc3ccc(-n4nc(C(C)(C)C)cc4NC(=O)Nc4ccc(Cl)cc4)cc3)CC(C)(C2)C1=O. The highest BCUT2D eigenvalue weighted by atomic mass is 35.5. The third-order valence-electron chi connectivity index (χ3n) is 8.99. The van der Waals surface area contributed by atoms with Crippen molar-refractivity contribution >= 4 is 46.9 Å². The minimum absolute atomic E-state index is 0.172. The summed E-state index contributed by atoms with van der Waals surface area (Å²) in [6, 6.07) is 15.8. The summed E-state index contributed by atoms with van der Waals surface area (Å²) in [7, 11) is 1.54. The largest absolute Gasteiger partial charge is 0.352 e. The first-order chi connectivity index (χ1) is 20.9. The molecule has 45 heavy (non-hydrogen) atoms. The summed E-state index contributed by atoms with van der Waals surface area (Å²) in [5.74, 6) is -0.110. The van der Waals surface area contributed by atoms with Crippen molar-refractivity contribution in [3.8, 4) is 5.69 Å². The second-order valence-corrected chi connectivity index (χ2v) is 14.8. The van der Waals surface area contributed by atoms with Gasteiger partial charge in [0, 0.05) is 52.0 Å². The van der Waals surface area contributed by atoms with Crippen LogP contribution in [0.15, 0.2) is 54.6 Å².